The monoisotopic (exact) mass is 514 g/mol. The van der Waals surface area contributed by atoms with E-state index in [0.717, 1.165) is 42.4 Å². The van der Waals surface area contributed by atoms with Crippen LogP contribution in [0.3, 0.4) is 0 Å². The lowest BCUT2D eigenvalue weighted by Crippen LogP contribution is -2.39. The molecule has 1 unspecified atom stereocenters. The Morgan fingerprint density at radius 3 is 2.89 bits per heavy atom. The molecular formula is C18H27IN8S. The topological polar surface area (TPSA) is 92.1 Å². The van der Waals surface area contributed by atoms with Gasteiger partial charge < -0.3 is 16.0 Å². The lowest BCUT2D eigenvalue weighted by atomic mass is 10.1. The molecule has 3 aromatic heterocycles. The second-order valence-corrected chi connectivity index (χ2v) is 7.20. The Labute approximate surface area is 186 Å². The van der Waals surface area contributed by atoms with Crippen LogP contribution in [0.15, 0.2) is 35.0 Å². The number of anilines is 1. The molecule has 28 heavy (non-hydrogen) atoms. The predicted octanol–water partition coefficient (Wildman–Crippen LogP) is 2.81. The van der Waals surface area contributed by atoms with E-state index >= 15 is 0 Å². The van der Waals surface area contributed by atoms with Crippen molar-refractivity contribution in [3.63, 3.8) is 0 Å². The molecule has 3 rings (SSSR count). The van der Waals surface area contributed by atoms with Gasteiger partial charge in [0.15, 0.2) is 11.6 Å². The van der Waals surface area contributed by atoms with Crippen molar-refractivity contribution in [2.75, 3.05) is 31.5 Å². The molecule has 0 fully saturated rings. The van der Waals surface area contributed by atoms with Gasteiger partial charge in [0.2, 0.25) is 0 Å². The highest BCUT2D eigenvalue weighted by Gasteiger charge is 2.08. The Bertz CT molecular complexity index is 877. The lowest BCUT2D eigenvalue weighted by molar-refractivity contribution is 0.760. The van der Waals surface area contributed by atoms with E-state index in [-0.39, 0.29) is 24.0 Å². The number of thiophene rings is 1. The Kier molecular flexibility index (Phi) is 8.90. The zero-order valence-corrected chi connectivity index (χ0v) is 19.5. The van der Waals surface area contributed by atoms with E-state index in [0.29, 0.717) is 12.5 Å². The molecule has 10 heteroatoms. The predicted molar refractivity (Wildman–Crippen MR) is 127 cm³/mol. The van der Waals surface area contributed by atoms with Crippen molar-refractivity contribution >= 4 is 58.1 Å². The van der Waals surface area contributed by atoms with Crippen molar-refractivity contribution < 1.29 is 0 Å². The molecule has 0 spiro atoms. The first kappa shape index (κ1) is 22.3. The molecular weight excluding hydrogens is 487 g/mol. The number of aliphatic imine (C=N–C) groups is 1. The normalized spacial score (nSPS) is 12.5. The quantitative estimate of drug-likeness (QED) is 0.185. The number of nitrogens with zero attached hydrogens (tertiary/aromatic N) is 5. The molecule has 0 radical (unpaired) electrons. The highest BCUT2D eigenvalue weighted by molar-refractivity contribution is 14.0. The van der Waals surface area contributed by atoms with Crippen molar-refractivity contribution in [1.82, 2.24) is 30.4 Å². The summed E-state index contributed by atoms with van der Waals surface area (Å²) >= 11 is 1.78. The smallest absolute Gasteiger partial charge is 0.191 e. The largest absolute Gasteiger partial charge is 0.368 e. The van der Waals surface area contributed by atoms with Gasteiger partial charge in [0.25, 0.3) is 0 Å². The molecule has 0 aliphatic rings. The highest BCUT2D eigenvalue weighted by Crippen LogP contribution is 2.20. The maximum absolute atomic E-state index is 4.70. The summed E-state index contributed by atoms with van der Waals surface area (Å²) in [6, 6.07) is 4.25. The fraction of sp³-hybridized carbons (Fsp3) is 0.444. The number of nitrogens with one attached hydrogen (secondary N) is 3. The first-order valence-corrected chi connectivity index (χ1v) is 9.99. The van der Waals surface area contributed by atoms with Gasteiger partial charge in [-0.15, -0.1) is 35.3 Å². The minimum Gasteiger partial charge on any atom is -0.368 e. The number of hydrogen-bond donors (Lipinski definition) is 3. The summed E-state index contributed by atoms with van der Waals surface area (Å²) in [7, 11) is 1.87. The number of guanidine groups is 1. The van der Waals surface area contributed by atoms with Crippen LogP contribution in [0, 0.1) is 0 Å². The molecule has 152 valence electrons. The average molecular weight is 514 g/mol. The lowest BCUT2D eigenvalue weighted by Gasteiger charge is -2.13. The maximum Gasteiger partial charge on any atom is 0.191 e. The van der Waals surface area contributed by atoms with Gasteiger partial charge in [0.1, 0.15) is 12.1 Å². The molecule has 3 N–H and O–H groups in total. The first-order chi connectivity index (χ1) is 13.2. The molecule has 0 aliphatic heterocycles. The Morgan fingerprint density at radius 1 is 1.29 bits per heavy atom. The van der Waals surface area contributed by atoms with Crippen molar-refractivity contribution in [2.24, 2.45) is 12.0 Å². The number of halogens is 1. The van der Waals surface area contributed by atoms with Crippen LogP contribution in [-0.4, -0.2) is 51.9 Å². The fourth-order valence-electron chi connectivity index (χ4n) is 2.70. The molecule has 0 saturated heterocycles. The van der Waals surface area contributed by atoms with E-state index in [9.17, 15) is 0 Å². The zero-order valence-electron chi connectivity index (χ0n) is 16.3. The number of rotatable bonds is 8. The number of fused-ring (bicyclic) bond motifs is 1. The molecule has 0 bridgehead atoms. The summed E-state index contributed by atoms with van der Waals surface area (Å²) in [6.07, 6.45) is 3.33. The van der Waals surface area contributed by atoms with Crippen molar-refractivity contribution in [2.45, 2.75) is 19.8 Å². The second-order valence-electron chi connectivity index (χ2n) is 6.22. The molecule has 3 heterocycles. The number of aromatic nitrogens is 4. The van der Waals surface area contributed by atoms with Crippen molar-refractivity contribution in [3.05, 3.63) is 34.9 Å². The summed E-state index contributed by atoms with van der Waals surface area (Å²) in [5.41, 5.74) is 0.818. The summed E-state index contributed by atoms with van der Waals surface area (Å²) < 4.78 is 1.74. The minimum atomic E-state index is 0. The first-order valence-electron chi connectivity index (χ1n) is 9.11. The van der Waals surface area contributed by atoms with Crippen molar-refractivity contribution in [3.8, 4) is 0 Å². The summed E-state index contributed by atoms with van der Waals surface area (Å²) in [4.78, 5) is 14.6. The minimum absolute atomic E-state index is 0. The van der Waals surface area contributed by atoms with Crippen LogP contribution in [0.4, 0.5) is 5.82 Å². The summed E-state index contributed by atoms with van der Waals surface area (Å²) in [5.74, 6) is 2.04. The molecule has 0 saturated carbocycles. The van der Waals surface area contributed by atoms with Gasteiger partial charge in [0.05, 0.1) is 18.1 Å². The number of hydrogen-bond acceptors (Lipinski definition) is 6. The molecule has 0 aromatic carbocycles. The third-order valence-corrected chi connectivity index (χ3v) is 5.24. The van der Waals surface area contributed by atoms with Crippen LogP contribution in [0.25, 0.3) is 11.0 Å². The van der Waals surface area contributed by atoms with E-state index in [4.69, 9.17) is 4.99 Å². The van der Waals surface area contributed by atoms with Gasteiger partial charge in [-0.1, -0.05) is 13.0 Å². The van der Waals surface area contributed by atoms with Gasteiger partial charge >= 0.3 is 0 Å². The standard InChI is InChI=1S/C18H26N8S.HI/c1-4-19-18(22-10-13(2)15-6-5-9-27-15)21-8-7-20-16-14-11-25-26(3)17(14)24-12-23-16;/h5-6,9,11-13H,4,7-8,10H2,1-3H3,(H2,19,21,22)(H,20,23,24);1H. The summed E-state index contributed by atoms with van der Waals surface area (Å²) in [6.45, 7) is 7.30. The molecule has 3 aromatic rings. The second kappa shape index (κ2) is 11.1. The average Bonchev–Trinajstić information content (AvgIpc) is 3.34. The van der Waals surface area contributed by atoms with Crippen LogP contribution in [-0.2, 0) is 7.05 Å². The molecule has 1 atom stereocenters. The van der Waals surface area contributed by atoms with Crippen LogP contribution in [0.5, 0.6) is 0 Å². The Hall–Kier alpha value is -1.95. The van der Waals surface area contributed by atoms with Crippen molar-refractivity contribution in [1.29, 1.82) is 0 Å². The van der Waals surface area contributed by atoms with E-state index in [1.54, 1.807) is 28.5 Å². The fourth-order valence-corrected chi connectivity index (χ4v) is 3.47. The van der Waals surface area contributed by atoms with Gasteiger partial charge in [-0.25, -0.2) is 9.97 Å². The van der Waals surface area contributed by atoms with Crippen LogP contribution >= 0.6 is 35.3 Å². The van der Waals surface area contributed by atoms with Gasteiger partial charge in [0, 0.05) is 37.5 Å². The highest BCUT2D eigenvalue weighted by atomic mass is 127. The van der Waals surface area contributed by atoms with Crippen LogP contribution in [0.1, 0.15) is 24.6 Å². The zero-order chi connectivity index (χ0) is 19.1. The molecule has 8 nitrogen and oxygen atoms in total. The van der Waals surface area contributed by atoms with E-state index < -0.39 is 0 Å². The summed E-state index contributed by atoms with van der Waals surface area (Å²) in [5, 5.41) is 17.2. The van der Waals surface area contributed by atoms with Gasteiger partial charge in [-0.05, 0) is 18.4 Å². The van der Waals surface area contributed by atoms with Gasteiger partial charge in [-0.3, -0.25) is 9.67 Å². The third kappa shape index (κ3) is 5.77. The maximum atomic E-state index is 4.70. The van der Waals surface area contributed by atoms with Crippen LogP contribution < -0.4 is 16.0 Å². The SMILES string of the molecule is CCNC(=NCC(C)c1cccs1)NCCNc1ncnc2c1cnn2C.I. The third-order valence-electron chi connectivity index (χ3n) is 4.14. The Morgan fingerprint density at radius 2 is 2.14 bits per heavy atom. The van der Waals surface area contributed by atoms with E-state index in [1.165, 1.54) is 4.88 Å². The van der Waals surface area contributed by atoms with Crippen LogP contribution in [0.2, 0.25) is 0 Å². The molecule has 0 aliphatic carbocycles. The van der Waals surface area contributed by atoms with E-state index in [1.807, 2.05) is 7.05 Å². The van der Waals surface area contributed by atoms with E-state index in [2.05, 4.69) is 62.4 Å². The number of aryl methyl sites for hydroxylation is 1. The molecule has 0 amide bonds. The Balaban J connectivity index is 0.00000280. The van der Waals surface area contributed by atoms with Gasteiger partial charge in [-0.2, -0.15) is 5.10 Å².